The first kappa shape index (κ1) is 18.9. The van der Waals surface area contributed by atoms with Crippen LogP contribution in [0.15, 0.2) is 11.6 Å². The van der Waals surface area contributed by atoms with Gasteiger partial charge in [0.1, 0.15) is 24.7 Å². The fourth-order valence-corrected chi connectivity index (χ4v) is 3.36. The number of hydrogen-bond donors (Lipinski definition) is 0. The molecule has 1 heterocycles. The highest BCUT2D eigenvalue weighted by molar-refractivity contribution is 14.2. The SMILES string of the molecule is COc1c(C)c2c(c(OCCSI)c1CC=C(C)C)COOC2. The Morgan fingerprint density at radius 1 is 1.22 bits per heavy atom. The van der Waals surface area contributed by atoms with E-state index in [0.717, 1.165) is 45.9 Å². The van der Waals surface area contributed by atoms with Crippen molar-refractivity contribution in [3.8, 4) is 11.5 Å². The Morgan fingerprint density at radius 3 is 2.52 bits per heavy atom. The van der Waals surface area contributed by atoms with Crippen LogP contribution in [0.25, 0.3) is 0 Å². The Hall–Kier alpha value is -0.440. The molecule has 4 nitrogen and oxygen atoms in total. The molecule has 2 rings (SSSR count). The number of fused-ring (bicyclic) bond motifs is 1. The molecule has 0 N–H and O–H groups in total. The number of halogens is 1. The summed E-state index contributed by atoms with van der Waals surface area (Å²) in [5.41, 5.74) is 5.68. The molecule has 0 saturated heterocycles. The van der Waals surface area contributed by atoms with Crippen LogP contribution in [0.3, 0.4) is 0 Å². The maximum Gasteiger partial charge on any atom is 0.132 e. The topological polar surface area (TPSA) is 36.9 Å². The van der Waals surface area contributed by atoms with Crippen molar-refractivity contribution in [3.63, 3.8) is 0 Å². The van der Waals surface area contributed by atoms with Gasteiger partial charge in [-0.05, 0) is 59.5 Å². The average Bonchev–Trinajstić information content (AvgIpc) is 2.55. The second-order valence-electron chi connectivity index (χ2n) is 5.59. The molecule has 1 aromatic carbocycles. The molecule has 0 spiro atoms. The van der Waals surface area contributed by atoms with Gasteiger partial charge in [0.2, 0.25) is 0 Å². The summed E-state index contributed by atoms with van der Waals surface area (Å²) in [6.45, 7) is 7.77. The Bertz CT molecular complexity index is 583. The predicted octanol–water partition coefficient (Wildman–Crippen LogP) is 4.94. The molecule has 0 radical (unpaired) electrons. The normalized spacial score (nSPS) is 13.4. The van der Waals surface area contributed by atoms with Gasteiger partial charge in [-0.3, -0.25) is 0 Å². The molecule has 0 saturated carbocycles. The van der Waals surface area contributed by atoms with Crippen LogP contribution < -0.4 is 9.47 Å². The van der Waals surface area contributed by atoms with Crippen molar-refractivity contribution in [2.45, 2.75) is 40.4 Å². The fraction of sp³-hybridized carbons (Fsp3) is 0.529. The minimum atomic E-state index is 0.411. The van der Waals surface area contributed by atoms with Gasteiger partial charge in [-0.15, -0.1) is 0 Å². The van der Waals surface area contributed by atoms with E-state index < -0.39 is 0 Å². The first-order valence-electron chi connectivity index (χ1n) is 7.55. The summed E-state index contributed by atoms with van der Waals surface area (Å²) < 4.78 is 11.8. The van der Waals surface area contributed by atoms with Crippen LogP contribution in [0.5, 0.6) is 11.5 Å². The van der Waals surface area contributed by atoms with Gasteiger partial charge in [0.05, 0.1) is 13.7 Å². The maximum absolute atomic E-state index is 6.14. The van der Waals surface area contributed by atoms with E-state index in [4.69, 9.17) is 19.2 Å². The molecule has 0 bridgehead atoms. The van der Waals surface area contributed by atoms with Crippen LogP contribution in [-0.4, -0.2) is 19.5 Å². The number of ether oxygens (including phenoxy) is 2. The lowest BCUT2D eigenvalue weighted by Gasteiger charge is -2.26. The van der Waals surface area contributed by atoms with Crippen molar-refractivity contribution in [2.24, 2.45) is 0 Å². The van der Waals surface area contributed by atoms with Gasteiger partial charge in [0.25, 0.3) is 0 Å². The summed E-state index contributed by atoms with van der Waals surface area (Å²) in [4.78, 5) is 10.4. The van der Waals surface area contributed by atoms with Gasteiger partial charge in [-0.2, -0.15) is 0 Å². The molecular formula is C17H23IO4S. The first-order chi connectivity index (χ1) is 11.1. The number of hydrogen-bond acceptors (Lipinski definition) is 5. The second-order valence-corrected chi connectivity index (χ2v) is 8.09. The van der Waals surface area contributed by atoms with E-state index in [9.17, 15) is 0 Å². The van der Waals surface area contributed by atoms with E-state index in [1.807, 2.05) is 0 Å². The summed E-state index contributed by atoms with van der Waals surface area (Å²) in [6, 6.07) is 0. The highest BCUT2D eigenvalue weighted by Crippen LogP contribution is 2.42. The molecule has 1 aromatic rings. The quantitative estimate of drug-likeness (QED) is 0.255. The second kappa shape index (κ2) is 9.15. The summed E-state index contributed by atoms with van der Waals surface area (Å²) in [7, 11) is 3.46. The molecule has 1 aliphatic heterocycles. The number of methoxy groups -OCH3 is 1. The Balaban J connectivity index is 2.53. The van der Waals surface area contributed by atoms with Gasteiger partial charge >= 0.3 is 0 Å². The highest BCUT2D eigenvalue weighted by Gasteiger charge is 2.26. The lowest BCUT2D eigenvalue weighted by molar-refractivity contribution is -0.322. The summed E-state index contributed by atoms with van der Waals surface area (Å²) in [5, 5.41) is 0. The summed E-state index contributed by atoms with van der Waals surface area (Å²) in [6.07, 6.45) is 2.98. The van der Waals surface area contributed by atoms with Crippen molar-refractivity contribution in [1.29, 1.82) is 0 Å². The van der Waals surface area contributed by atoms with Crippen LogP contribution in [0, 0.1) is 6.92 Å². The third kappa shape index (κ3) is 4.55. The summed E-state index contributed by atoms with van der Waals surface area (Å²) in [5.74, 6) is 2.72. The summed E-state index contributed by atoms with van der Waals surface area (Å²) >= 11 is 2.28. The molecule has 0 unspecified atom stereocenters. The van der Waals surface area contributed by atoms with Crippen LogP contribution in [0.4, 0.5) is 0 Å². The standard InChI is InChI=1S/C17H23IO4S/c1-11(2)5-6-13-16(19-4)12(3)14-9-21-22-10-15(14)17(13)20-7-8-23-18/h5H,6-10H2,1-4H3. The lowest BCUT2D eigenvalue weighted by Crippen LogP contribution is -2.16. The van der Waals surface area contributed by atoms with E-state index in [-0.39, 0.29) is 0 Å². The lowest BCUT2D eigenvalue weighted by atomic mass is 9.93. The minimum absolute atomic E-state index is 0.411. The van der Waals surface area contributed by atoms with Crippen molar-refractivity contribution in [1.82, 2.24) is 0 Å². The number of allylic oxidation sites excluding steroid dienone is 2. The van der Waals surface area contributed by atoms with Crippen LogP contribution >= 0.6 is 30.1 Å². The monoisotopic (exact) mass is 450 g/mol. The van der Waals surface area contributed by atoms with Crippen molar-refractivity contribution >= 4 is 30.1 Å². The van der Waals surface area contributed by atoms with Crippen molar-refractivity contribution < 1.29 is 19.2 Å². The largest absolute Gasteiger partial charge is 0.496 e. The van der Waals surface area contributed by atoms with E-state index in [0.29, 0.717) is 19.8 Å². The molecule has 0 atom stereocenters. The van der Waals surface area contributed by atoms with Crippen LogP contribution in [0.2, 0.25) is 0 Å². The number of benzene rings is 1. The Labute approximate surface area is 154 Å². The van der Waals surface area contributed by atoms with Crippen molar-refractivity contribution in [3.05, 3.63) is 33.9 Å². The molecule has 0 amide bonds. The van der Waals surface area contributed by atoms with E-state index >= 15 is 0 Å². The van der Waals surface area contributed by atoms with Gasteiger partial charge in [0, 0.05) is 16.9 Å². The maximum atomic E-state index is 6.14. The van der Waals surface area contributed by atoms with E-state index in [1.165, 1.54) is 5.57 Å². The zero-order valence-electron chi connectivity index (χ0n) is 14.0. The molecular weight excluding hydrogens is 427 g/mol. The minimum Gasteiger partial charge on any atom is -0.496 e. The van der Waals surface area contributed by atoms with E-state index in [1.54, 1.807) is 16.0 Å². The fourth-order valence-electron chi connectivity index (χ4n) is 2.68. The smallest absolute Gasteiger partial charge is 0.132 e. The zero-order valence-corrected chi connectivity index (χ0v) is 17.0. The van der Waals surface area contributed by atoms with Gasteiger partial charge in [0.15, 0.2) is 0 Å². The Kier molecular flexibility index (Phi) is 7.52. The first-order valence-corrected chi connectivity index (χ1v) is 11.1. The van der Waals surface area contributed by atoms with Crippen LogP contribution in [0.1, 0.15) is 36.1 Å². The molecule has 0 aromatic heterocycles. The van der Waals surface area contributed by atoms with Gasteiger partial charge in [-0.25, -0.2) is 9.78 Å². The van der Waals surface area contributed by atoms with E-state index in [2.05, 4.69) is 48.1 Å². The van der Waals surface area contributed by atoms with Gasteiger partial charge < -0.3 is 9.47 Å². The Morgan fingerprint density at radius 2 is 1.91 bits per heavy atom. The molecule has 1 aliphatic rings. The molecule has 0 aliphatic carbocycles. The third-order valence-corrected chi connectivity index (χ3v) is 5.44. The van der Waals surface area contributed by atoms with Crippen LogP contribution in [-0.2, 0) is 29.4 Å². The number of rotatable bonds is 7. The zero-order chi connectivity index (χ0) is 16.8. The molecule has 23 heavy (non-hydrogen) atoms. The average molecular weight is 450 g/mol. The van der Waals surface area contributed by atoms with Gasteiger partial charge in [-0.1, -0.05) is 20.6 Å². The predicted molar refractivity (Wildman–Crippen MR) is 102 cm³/mol. The van der Waals surface area contributed by atoms with Crippen molar-refractivity contribution in [2.75, 3.05) is 19.5 Å². The molecule has 6 heteroatoms. The highest BCUT2D eigenvalue weighted by atomic mass is 127. The molecule has 128 valence electrons. The molecule has 0 fully saturated rings. The third-order valence-electron chi connectivity index (χ3n) is 3.80.